The van der Waals surface area contributed by atoms with Gasteiger partial charge in [0.25, 0.3) is 0 Å². The summed E-state index contributed by atoms with van der Waals surface area (Å²) in [5, 5.41) is 23.9. The van der Waals surface area contributed by atoms with E-state index in [9.17, 15) is 0 Å². The van der Waals surface area contributed by atoms with Gasteiger partial charge in [0.15, 0.2) is 11.5 Å². The Bertz CT molecular complexity index is 1060. The minimum atomic E-state index is 0.209. The average molecular weight is 411 g/mol. The van der Waals surface area contributed by atoms with E-state index in [2.05, 4.69) is 30.9 Å². The van der Waals surface area contributed by atoms with Crippen LogP contribution in [0.4, 0.5) is 0 Å². The smallest absolute Gasteiger partial charge is 0.204 e. The summed E-state index contributed by atoms with van der Waals surface area (Å²) in [6.07, 6.45) is 5.35. The summed E-state index contributed by atoms with van der Waals surface area (Å²) in [5.74, 6) is 1.48. The topological polar surface area (TPSA) is 120 Å². The second kappa shape index (κ2) is 8.59. The van der Waals surface area contributed by atoms with Crippen molar-refractivity contribution >= 4 is 0 Å². The van der Waals surface area contributed by atoms with Gasteiger partial charge in [-0.15, -0.1) is 15.3 Å². The Labute approximate surface area is 172 Å². The highest BCUT2D eigenvalue weighted by Gasteiger charge is 2.15. The third kappa shape index (κ3) is 4.71. The van der Waals surface area contributed by atoms with Crippen LogP contribution in [-0.4, -0.2) is 45.0 Å². The number of aryl methyl sites for hydroxylation is 3. The molecule has 3 heterocycles. The first-order chi connectivity index (χ1) is 14.6. The predicted molar refractivity (Wildman–Crippen MR) is 102 cm³/mol. The molecule has 0 fully saturated rings. The fourth-order valence-electron chi connectivity index (χ4n) is 2.70. The van der Waals surface area contributed by atoms with E-state index in [1.807, 2.05) is 6.07 Å². The molecular formula is C18H21N9O3. The molecule has 4 rings (SSSR count). The van der Waals surface area contributed by atoms with E-state index in [1.165, 1.54) is 0 Å². The molecule has 0 saturated heterocycles. The molecule has 3 aromatic heterocycles. The first-order valence-electron chi connectivity index (χ1n) is 9.14. The molecule has 0 saturated carbocycles. The Morgan fingerprint density at radius 1 is 0.633 bits per heavy atom. The maximum Gasteiger partial charge on any atom is 0.204 e. The minimum Gasteiger partial charge on any atom is -0.483 e. The molecule has 0 amide bonds. The molecule has 0 aliphatic heterocycles. The first-order valence-corrected chi connectivity index (χ1v) is 9.14. The van der Waals surface area contributed by atoms with Gasteiger partial charge in [0, 0.05) is 21.1 Å². The van der Waals surface area contributed by atoms with Crippen LogP contribution in [0, 0.1) is 0 Å². The Balaban J connectivity index is 1.53. The fraction of sp³-hybridized carbons (Fsp3) is 0.333. The van der Waals surface area contributed by atoms with Crippen molar-refractivity contribution in [1.82, 2.24) is 45.0 Å². The number of rotatable bonds is 9. The summed E-state index contributed by atoms with van der Waals surface area (Å²) in [6, 6.07) is 5.43. The number of aromatic nitrogens is 9. The van der Waals surface area contributed by atoms with E-state index >= 15 is 0 Å². The lowest BCUT2D eigenvalue weighted by Gasteiger charge is -2.15. The van der Waals surface area contributed by atoms with Crippen LogP contribution in [0.15, 0.2) is 36.8 Å². The molecule has 0 radical (unpaired) electrons. The standard InChI is InChI=1S/C18H21N9O3/c1-25-7-13(19-22-25)10-28-16-5-4-6-17(29-11-14-8-26(2)23-20-14)18(16)30-12-15-9-27(3)24-21-15/h4-9H,10-12H2,1-3H3. The normalized spacial score (nSPS) is 10.9. The van der Waals surface area contributed by atoms with Gasteiger partial charge in [0.2, 0.25) is 5.75 Å². The van der Waals surface area contributed by atoms with E-state index in [1.54, 1.807) is 65.9 Å². The maximum atomic E-state index is 6.01. The number of nitrogens with zero attached hydrogens (tertiary/aromatic N) is 9. The van der Waals surface area contributed by atoms with Gasteiger partial charge < -0.3 is 14.2 Å². The second-order valence-electron chi connectivity index (χ2n) is 6.60. The van der Waals surface area contributed by atoms with Crippen molar-refractivity contribution in [3.63, 3.8) is 0 Å². The molecule has 0 aliphatic rings. The molecule has 30 heavy (non-hydrogen) atoms. The summed E-state index contributed by atoms with van der Waals surface area (Å²) in [4.78, 5) is 0. The van der Waals surface area contributed by atoms with Crippen LogP contribution in [0.3, 0.4) is 0 Å². The summed E-state index contributed by atoms with van der Waals surface area (Å²) in [6.45, 7) is 0.687. The molecule has 1 aromatic carbocycles. The fourth-order valence-corrected chi connectivity index (χ4v) is 2.70. The number of hydrogen-bond donors (Lipinski definition) is 0. The number of ether oxygens (including phenoxy) is 3. The van der Waals surface area contributed by atoms with Crippen LogP contribution < -0.4 is 14.2 Å². The Morgan fingerprint density at radius 2 is 1.03 bits per heavy atom. The quantitative estimate of drug-likeness (QED) is 0.394. The maximum absolute atomic E-state index is 6.01. The molecule has 0 aliphatic carbocycles. The van der Waals surface area contributed by atoms with Gasteiger partial charge in [-0.1, -0.05) is 21.7 Å². The van der Waals surface area contributed by atoms with Crippen LogP contribution in [0.1, 0.15) is 17.1 Å². The molecule has 4 aromatic rings. The van der Waals surface area contributed by atoms with Crippen LogP contribution in [0.5, 0.6) is 17.2 Å². The summed E-state index contributed by atoms with van der Waals surface area (Å²) >= 11 is 0. The lowest BCUT2D eigenvalue weighted by Crippen LogP contribution is -2.04. The van der Waals surface area contributed by atoms with E-state index in [4.69, 9.17) is 14.2 Å². The lowest BCUT2D eigenvalue weighted by molar-refractivity contribution is 0.226. The highest BCUT2D eigenvalue weighted by atomic mass is 16.5. The van der Waals surface area contributed by atoms with Crippen molar-refractivity contribution < 1.29 is 14.2 Å². The number of hydrogen-bond acceptors (Lipinski definition) is 9. The average Bonchev–Trinajstić information content (AvgIpc) is 3.45. The first kappa shape index (κ1) is 19.4. The van der Waals surface area contributed by atoms with Crippen molar-refractivity contribution in [3.05, 3.63) is 53.9 Å². The SMILES string of the molecule is Cn1cc(COc2cccc(OCc3cn(C)nn3)c2OCc2cn(C)nn2)nn1. The largest absolute Gasteiger partial charge is 0.483 e. The van der Waals surface area contributed by atoms with E-state index < -0.39 is 0 Å². The summed E-state index contributed by atoms with van der Waals surface area (Å²) in [5.41, 5.74) is 2.08. The third-order valence-electron chi connectivity index (χ3n) is 4.01. The molecule has 12 heteroatoms. The van der Waals surface area contributed by atoms with Crippen LogP contribution >= 0.6 is 0 Å². The second-order valence-corrected chi connectivity index (χ2v) is 6.60. The van der Waals surface area contributed by atoms with Crippen LogP contribution in [-0.2, 0) is 41.0 Å². The monoisotopic (exact) mass is 411 g/mol. The highest BCUT2D eigenvalue weighted by molar-refractivity contribution is 5.51. The third-order valence-corrected chi connectivity index (χ3v) is 4.01. The zero-order valence-corrected chi connectivity index (χ0v) is 16.8. The van der Waals surface area contributed by atoms with Gasteiger partial charge in [-0.25, -0.2) is 0 Å². The van der Waals surface area contributed by atoms with Gasteiger partial charge in [0.1, 0.15) is 36.9 Å². The van der Waals surface area contributed by atoms with Gasteiger partial charge in [-0.3, -0.25) is 14.0 Å². The molecular weight excluding hydrogens is 390 g/mol. The zero-order chi connectivity index (χ0) is 20.9. The van der Waals surface area contributed by atoms with E-state index in [0.29, 0.717) is 34.3 Å². The number of para-hydroxylation sites is 1. The Morgan fingerprint density at radius 3 is 1.40 bits per heavy atom. The molecule has 156 valence electrons. The van der Waals surface area contributed by atoms with Crippen molar-refractivity contribution in [2.24, 2.45) is 21.1 Å². The van der Waals surface area contributed by atoms with Crippen molar-refractivity contribution in [3.8, 4) is 17.2 Å². The van der Waals surface area contributed by atoms with Gasteiger partial charge >= 0.3 is 0 Å². The highest BCUT2D eigenvalue weighted by Crippen LogP contribution is 2.38. The lowest BCUT2D eigenvalue weighted by atomic mass is 10.3. The van der Waals surface area contributed by atoms with Crippen molar-refractivity contribution in [2.45, 2.75) is 19.8 Å². The molecule has 12 nitrogen and oxygen atoms in total. The minimum absolute atomic E-state index is 0.209. The van der Waals surface area contributed by atoms with Gasteiger partial charge in [0.05, 0.1) is 18.6 Å². The predicted octanol–water partition coefficient (Wildman–Crippen LogP) is 0.809. The van der Waals surface area contributed by atoms with Crippen molar-refractivity contribution in [1.29, 1.82) is 0 Å². The summed E-state index contributed by atoms with van der Waals surface area (Å²) in [7, 11) is 5.39. The van der Waals surface area contributed by atoms with Gasteiger partial charge in [-0.05, 0) is 12.1 Å². The molecule has 0 spiro atoms. The van der Waals surface area contributed by atoms with E-state index in [0.717, 1.165) is 0 Å². The van der Waals surface area contributed by atoms with Crippen LogP contribution in [0.25, 0.3) is 0 Å². The number of benzene rings is 1. The zero-order valence-electron chi connectivity index (χ0n) is 16.8. The molecule has 0 atom stereocenters. The van der Waals surface area contributed by atoms with Crippen LogP contribution in [0.2, 0.25) is 0 Å². The van der Waals surface area contributed by atoms with E-state index in [-0.39, 0.29) is 19.8 Å². The Hall–Kier alpha value is -3.96. The summed E-state index contributed by atoms with van der Waals surface area (Å²) < 4.78 is 22.7. The Kier molecular flexibility index (Phi) is 5.54. The van der Waals surface area contributed by atoms with Crippen molar-refractivity contribution in [2.75, 3.05) is 0 Å². The molecule has 0 bridgehead atoms. The molecule has 0 unspecified atom stereocenters. The van der Waals surface area contributed by atoms with Gasteiger partial charge in [-0.2, -0.15) is 0 Å². The molecule has 0 N–H and O–H groups in total.